The maximum absolute atomic E-state index is 5.98. The lowest BCUT2D eigenvalue weighted by atomic mass is 10.1. The second-order valence-electron chi connectivity index (χ2n) is 6.06. The number of aromatic nitrogens is 2. The molecule has 2 rings (SSSR count). The molecule has 1 fully saturated rings. The van der Waals surface area contributed by atoms with Crippen LogP contribution in [0.15, 0.2) is 23.7 Å². The Bertz CT molecular complexity index is 424. The Morgan fingerprint density at radius 3 is 2.70 bits per heavy atom. The zero-order valence-electron chi connectivity index (χ0n) is 14.3. The van der Waals surface area contributed by atoms with Crippen LogP contribution in [0.3, 0.4) is 0 Å². The molecule has 0 saturated heterocycles. The molecule has 1 aliphatic rings. The number of hydrogen-bond donors (Lipinski definition) is 2. The molecule has 0 aromatic carbocycles. The van der Waals surface area contributed by atoms with Crippen LogP contribution in [-0.4, -0.2) is 48.4 Å². The number of ether oxygens (including phenoxy) is 1. The smallest absolute Gasteiger partial charge is 0.191 e. The van der Waals surface area contributed by atoms with Gasteiger partial charge in [-0.1, -0.05) is 25.7 Å². The third-order valence-corrected chi connectivity index (χ3v) is 4.22. The van der Waals surface area contributed by atoms with Gasteiger partial charge in [0.05, 0.1) is 19.0 Å². The van der Waals surface area contributed by atoms with Crippen LogP contribution in [-0.2, 0) is 11.3 Å². The molecule has 0 aliphatic heterocycles. The maximum atomic E-state index is 5.98. The van der Waals surface area contributed by atoms with Gasteiger partial charge in [-0.2, -0.15) is 0 Å². The average Bonchev–Trinajstić information content (AvgIpc) is 2.95. The quantitative estimate of drug-likeness (QED) is 0.333. The molecule has 1 saturated carbocycles. The first-order valence-corrected chi connectivity index (χ1v) is 8.90. The first-order chi connectivity index (χ1) is 11.4. The molecule has 0 atom stereocenters. The summed E-state index contributed by atoms with van der Waals surface area (Å²) in [6, 6.07) is 0. The van der Waals surface area contributed by atoms with Crippen LogP contribution in [0.4, 0.5) is 0 Å². The molecular weight excluding hydrogens is 290 g/mol. The molecule has 0 radical (unpaired) electrons. The Balaban J connectivity index is 1.50. The van der Waals surface area contributed by atoms with E-state index in [4.69, 9.17) is 4.74 Å². The summed E-state index contributed by atoms with van der Waals surface area (Å²) < 4.78 is 8.06. The van der Waals surface area contributed by atoms with E-state index >= 15 is 0 Å². The highest BCUT2D eigenvalue weighted by Gasteiger charge is 2.11. The Morgan fingerprint density at radius 2 is 2.00 bits per heavy atom. The lowest BCUT2D eigenvalue weighted by Gasteiger charge is -2.16. The van der Waals surface area contributed by atoms with Gasteiger partial charge in [-0.15, -0.1) is 0 Å². The van der Waals surface area contributed by atoms with E-state index in [1.807, 2.05) is 18.7 Å². The lowest BCUT2D eigenvalue weighted by Crippen LogP contribution is -2.39. The van der Waals surface area contributed by atoms with Crippen molar-refractivity contribution in [3.05, 3.63) is 18.7 Å². The van der Waals surface area contributed by atoms with Gasteiger partial charge in [0, 0.05) is 39.1 Å². The lowest BCUT2D eigenvalue weighted by molar-refractivity contribution is 0.0468. The number of rotatable bonds is 8. The molecule has 1 heterocycles. The van der Waals surface area contributed by atoms with Crippen LogP contribution in [0.25, 0.3) is 0 Å². The maximum Gasteiger partial charge on any atom is 0.191 e. The van der Waals surface area contributed by atoms with E-state index in [0.29, 0.717) is 6.10 Å². The fraction of sp³-hybridized carbons (Fsp3) is 0.765. The largest absolute Gasteiger partial charge is 0.376 e. The van der Waals surface area contributed by atoms with Gasteiger partial charge < -0.3 is 19.9 Å². The Hall–Kier alpha value is -1.56. The summed E-state index contributed by atoms with van der Waals surface area (Å²) in [4.78, 5) is 8.28. The monoisotopic (exact) mass is 321 g/mol. The highest BCUT2D eigenvalue weighted by atomic mass is 16.5. The molecule has 23 heavy (non-hydrogen) atoms. The molecule has 0 bridgehead atoms. The van der Waals surface area contributed by atoms with Gasteiger partial charge >= 0.3 is 0 Å². The Morgan fingerprint density at radius 1 is 1.22 bits per heavy atom. The minimum absolute atomic E-state index is 0.462. The van der Waals surface area contributed by atoms with E-state index in [0.717, 1.165) is 38.6 Å². The normalized spacial score (nSPS) is 17.0. The predicted octanol–water partition coefficient (Wildman–Crippen LogP) is 2.18. The first kappa shape index (κ1) is 17.8. The second kappa shape index (κ2) is 11.0. The van der Waals surface area contributed by atoms with Crippen molar-refractivity contribution in [3.8, 4) is 0 Å². The van der Waals surface area contributed by atoms with Crippen molar-refractivity contribution in [2.24, 2.45) is 4.99 Å². The van der Waals surface area contributed by atoms with Crippen LogP contribution in [0, 0.1) is 0 Å². The Labute approximate surface area is 139 Å². The van der Waals surface area contributed by atoms with E-state index in [-0.39, 0.29) is 0 Å². The molecule has 1 aromatic rings. The van der Waals surface area contributed by atoms with Gasteiger partial charge in [-0.25, -0.2) is 4.98 Å². The molecule has 2 N–H and O–H groups in total. The van der Waals surface area contributed by atoms with E-state index in [1.54, 1.807) is 7.05 Å². The van der Waals surface area contributed by atoms with Gasteiger partial charge in [0.1, 0.15) is 0 Å². The zero-order chi connectivity index (χ0) is 16.2. The van der Waals surface area contributed by atoms with Crippen molar-refractivity contribution in [2.75, 3.05) is 26.7 Å². The van der Waals surface area contributed by atoms with Crippen LogP contribution < -0.4 is 10.6 Å². The highest BCUT2D eigenvalue weighted by molar-refractivity contribution is 5.79. The second-order valence-corrected chi connectivity index (χ2v) is 6.06. The third-order valence-electron chi connectivity index (χ3n) is 4.22. The average molecular weight is 321 g/mol. The van der Waals surface area contributed by atoms with Crippen LogP contribution in [0.2, 0.25) is 0 Å². The number of hydrogen-bond acceptors (Lipinski definition) is 3. The van der Waals surface area contributed by atoms with Crippen molar-refractivity contribution >= 4 is 5.96 Å². The molecular formula is C17H31N5O. The molecule has 1 aliphatic carbocycles. The molecule has 1 aromatic heterocycles. The summed E-state index contributed by atoms with van der Waals surface area (Å²) in [6.45, 7) is 3.41. The van der Waals surface area contributed by atoms with E-state index < -0.39 is 0 Å². The first-order valence-electron chi connectivity index (χ1n) is 8.90. The number of nitrogens with one attached hydrogen (secondary N) is 2. The predicted molar refractivity (Wildman–Crippen MR) is 93.7 cm³/mol. The summed E-state index contributed by atoms with van der Waals surface area (Å²) >= 11 is 0. The van der Waals surface area contributed by atoms with Crippen LogP contribution in [0.1, 0.15) is 44.9 Å². The van der Waals surface area contributed by atoms with Crippen molar-refractivity contribution in [1.82, 2.24) is 20.2 Å². The van der Waals surface area contributed by atoms with E-state index in [1.165, 1.54) is 38.5 Å². The molecule has 0 spiro atoms. The van der Waals surface area contributed by atoms with Gasteiger partial charge in [0.25, 0.3) is 0 Å². The molecule has 6 nitrogen and oxygen atoms in total. The van der Waals surface area contributed by atoms with Crippen molar-refractivity contribution in [1.29, 1.82) is 0 Å². The summed E-state index contributed by atoms with van der Waals surface area (Å²) in [5.74, 6) is 0.847. The number of nitrogens with zero attached hydrogens (tertiary/aromatic N) is 3. The van der Waals surface area contributed by atoms with Crippen molar-refractivity contribution in [2.45, 2.75) is 57.6 Å². The van der Waals surface area contributed by atoms with Crippen LogP contribution >= 0.6 is 0 Å². The molecule has 130 valence electrons. The standard InChI is InChI=1S/C17H31N5O/c1-18-17(20-9-6-12-22-13-10-19-15-22)21-11-14-23-16-7-4-2-3-5-8-16/h10,13,15-16H,2-9,11-12,14H2,1H3,(H2,18,20,21). The minimum Gasteiger partial charge on any atom is -0.376 e. The molecule has 0 amide bonds. The molecule has 0 unspecified atom stereocenters. The van der Waals surface area contributed by atoms with Gasteiger partial charge in [0.15, 0.2) is 5.96 Å². The van der Waals surface area contributed by atoms with Gasteiger partial charge in [-0.05, 0) is 19.3 Å². The van der Waals surface area contributed by atoms with Crippen molar-refractivity contribution in [3.63, 3.8) is 0 Å². The van der Waals surface area contributed by atoms with Gasteiger partial charge in [0.2, 0.25) is 0 Å². The summed E-state index contributed by atoms with van der Waals surface area (Å²) in [6.07, 6.45) is 15.0. The number of guanidine groups is 1. The van der Waals surface area contributed by atoms with Gasteiger partial charge in [-0.3, -0.25) is 4.99 Å². The summed E-state index contributed by atoms with van der Waals surface area (Å²) in [5, 5.41) is 6.64. The number of aryl methyl sites for hydroxylation is 1. The van der Waals surface area contributed by atoms with Crippen molar-refractivity contribution < 1.29 is 4.74 Å². The number of imidazole rings is 1. The van der Waals surface area contributed by atoms with E-state index in [9.17, 15) is 0 Å². The fourth-order valence-electron chi connectivity index (χ4n) is 2.91. The van der Waals surface area contributed by atoms with E-state index in [2.05, 4.69) is 25.2 Å². The molecule has 6 heteroatoms. The topological polar surface area (TPSA) is 63.5 Å². The third kappa shape index (κ3) is 7.50. The van der Waals surface area contributed by atoms with Crippen LogP contribution in [0.5, 0.6) is 0 Å². The minimum atomic E-state index is 0.462. The SMILES string of the molecule is CN=C(NCCCn1ccnc1)NCCOC1CCCCCC1. The number of aliphatic imine (C=N–C) groups is 1. The highest BCUT2D eigenvalue weighted by Crippen LogP contribution is 2.19. The zero-order valence-corrected chi connectivity index (χ0v) is 14.3. The fourth-order valence-corrected chi connectivity index (χ4v) is 2.91. The Kier molecular flexibility index (Phi) is 8.55. The summed E-state index contributed by atoms with van der Waals surface area (Å²) in [5.41, 5.74) is 0. The summed E-state index contributed by atoms with van der Waals surface area (Å²) in [7, 11) is 1.80.